The Labute approximate surface area is 123 Å². The SMILES string of the molecule is CCN(Cc1ccncc1)C(=O)N1CCOCC1C(=O)O. The summed E-state index contributed by atoms with van der Waals surface area (Å²) in [6.45, 7) is 3.50. The number of hydrogen-bond acceptors (Lipinski definition) is 4. The maximum atomic E-state index is 12.6. The van der Waals surface area contributed by atoms with Crippen molar-refractivity contribution < 1.29 is 19.4 Å². The van der Waals surface area contributed by atoms with Crippen molar-refractivity contribution in [3.05, 3.63) is 30.1 Å². The molecule has 1 aromatic rings. The first-order chi connectivity index (χ1) is 10.1. The summed E-state index contributed by atoms with van der Waals surface area (Å²) in [5.41, 5.74) is 0.959. The van der Waals surface area contributed by atoms with E-state index in [1.807, 2.05) is 19.1 Å². The van der Waals surface area contributed by atoms with Crippen molar-refractivity contribution in [2.75, 3.05) is 26.3 Å². The summed E-state index contributed by atoms with van der Waals surface area (Å²) in [6, 6.07) is 2.48. The van der Waals surface area contributed by atoms with E-state index in [1.165, 1.54) is 4.90 Å². The van der Waals surface area contributed by atoms with Crippen LogP contribution >= 0.6 is 0 Å². The van der Waals surface area contributed by atoms with Gasteiger partial charge in [-0.05, 0) is 24.6 Å². The largest absolute Gasteiger partial charge is 0.480 e. The zero-order valence-electron chi connectivity index (χ0n) is 11.9. The lowest BCUT2D eigenvalue weighted by Gasteiger charge is -2.36. The van der Waals surface area contributed by atoms with Gasteiger partial charge < -0.3 is 19.6 Å². The first-order valence-electron chi connectivity index (χ1n) is 6.88. The first-order valence-corrected chi connectivity index (χ1v) is 6.88. The van der Waals surface area contributed by atoms with Crippen molar-refractivity contribution in [1.29, 1.82) is 0 Å². The summed E-state index contributed by atoms with van der Waals surface area (Å²) < 4.78 is 5.15. The predicted octanol–water partition coefficient (Wildman–Crippen LogP) is 0.809. The van der Waals surface area contributed by atoms with Gasteiger partial charge in [-0.15, -0.1) is 0 Å². The highest BCUT2D eigenvalue weighted by molar-refractivity contribution is 5.83. The lowest BCUT2D eigenvalue weighted by molar-refractivity contribution is -0.147. The number of pyridine rings is 1. The average molecular weight is 293 g/mol. The molecule has 0 saturated carbocycles. The van der Waals surface area contributed by atoms with Gasteiger partial charge in [0.25, 0.3) is 0 Å². The minimum absolute atomic E-state index is 0.0356. The molecule has 1 fully saturated rings. The zero-order valence-corrected chi connectivity index (χ0v) is 11.9. The molecule has 1 saturated heterocycles. The molecule has 1 atom stereocenters. The number of aromatic nitrogens is 1. The molecule has 1 aliphatic rings. The van der Waals surface area contributed by atoms with Crippen molar-refractivity contribution in [2.45, 2.75) is 19.5 Å². The van der Waals surface area contributed by atoms with Crippen LogP contribution in [0.2, 0.25) is 0 Å². The number of urea groups is 1. The molecule has 21 heavy (non-hydrogen) atoms. The Morgan fingerprint density at radius 3 is 2.81 bits per heavy atom. The van der Waals surface area contributed by atoms with Crippen LogP contribution in [0.15, 0.2) is 24.5 Å². The van der Waals surface area contributed by atoms with Crippen LogP contribution in [0, 0.1) is 0 Å². The van der Waals surface area contributed by atoms with Crippen LogP contribution in [0.1, 0.15) is 12.5 Å². The van der Waals surface area contributed by atoms with Gasteiger partial charge in [0.1, 0.15) is 0 Å². The Kier molecular flexibility index (Phi) is 5.10. The van der Waals surface area contributed by atoms with E-state index >= 15 is 0 Å². The number of nitrogens with zero attached hydrogens (tertiary/aromatic N) is 3. The number of ether oxygens (including phenoxy) is 1. The zero-order chi connectivity index (χ0) is 15.2. The second-order valence-corrected chi connectivity index (χ2v) is 4.77. The van der Waals surface area contributed by atoms with E-state index in [9.17, 15) is 14.7 Å². The van der Waals surface area contributed by atoms with E-state index in [0.717, 1.165) is 5.56 Å². The molecule has 0 aromatic carbocycles. The number of amides is 2. The van der Waals surface area contributed by atoms with E-state index in [1.54, 1.807) is 17.3 Å². The predicted molar refractivity (Wildman–Crippen MR) is 74.7 cm³/mol. The highest BCUT2D eigenvalue weighted by Gasteiger charge is 2.34. The second kappa shape index (κ2) is 7.03. The summed E-state index contributed by atoms with van der Waals surface area (Å²) in [4.78, 5) is 30.7. The Balaban J connectivity index is 2.09. The molecule has 1 unspecified atom stereocenters. The molecule has 1 aromatic heterocycles. The van der Waals surface area contributed by atoms with Gasteiger partial charge in [0.15, 0.2) is 6.04 Å². The first kappa shape index (κ1) is 15.2. The van der Waals surface area contributed by atoms with Gasteiger partial charge in [-0.25, -0.2) is 9.59 Å². The Morgan fingerprint density at radius 2 is 2.19 bits per heavy atom. The number of carboxylic acid groups (broad SMARTS) is 1. The number of morpholine rings is 1. The van der Waals surface area contributed by atoms with Crippen LogP contribution in [0.4, 0.5) is 4.79 Å². The Hall–Kier alpha value is -2.15. The van der Waals surface area contributed by atoms with Gasteiger partial charge in [0, 0.05) is 32.0 Å². The summed E-state index contributed by atoms with van der Waals surface area (Å²) >= 11 is 0. The van der Waals surface area contributed by atoms with E-state index in [2.05, 4.69) is 4.98 Å². The van der Waals surface area contributed by atoms with Crippen molar-refractivity contribution in [2.24, 2.45) is 0 Å². The third-order valence-electron chi connectivity index (χ3n) is 3.43. The number of carbonyl (C=O) groups excluding carboxylic acids is 1. The van der Waals surface area contributed by atoms with Gasteiger partial charge >= 0.3 is 12.0 Å². The maximum Gasteiger partial charge on any atom is 0.328 e. The molecule has 0 radical (unpaired) electrons. The molecule has 0 bridgehead atoms. The Bertz CT molecular complexity index is 494. The molecular weight excluding hydrogens is 274 g/mol. The summed E-state index contributed by atoms with van der Waals surface area (Å²) in [6.07, 6.45) is 3.34. The molecule has 2 heterocycles. The average Bonchev–Trinajstić information content (AvgIpc) is 2.53. The minimum atomic E-state index is -1.04. The van der Waals surface area contributed by atoms with Crippen LogP contribution < -0.4 is 0 Å². The molecule has 7 heteroatoms. The van der Waals surface area contributed by atoms with E-state index in [0.29, 0.717) is 26.2 Å². The lowest BCUT2D eigenvalue weighted by Crippen LogP contribution is -2.56. The fourth-order valence-electron chi connectivity index (χ4n) is 2.24. The van der Waals surface area contributed by atoms with Gasteiger partial charge in [0.2, 0.25) is 0 Å². The molecule has 0 spiro atoms. The van der Waals surface area contributed by atoms with Crippen LogP contribution in [0.5, 0.6) is 0 Å². The third kappa shape index (κ3) is 3.69. The highest BCUT2D eigenvalue weighted by atomic mass is 16.5. The van der Waals surface area contributed by atoms with E-state index in [4.69, 9.17) is 4.74 Å². The number of carboxylic acids is 1. The molecular formula is C14H19N3O4. The van der Waals surface area contributed by atoms with Gasteiger partial charge in [-0.2, -0.15) is 0 Å². The standard InChI is InChI=1S/C14H19N3O4/c1-2-16(9-11-3-5-15-6-4-11)14(20)17-7-8-21-10-12(17)13(18)19/h3-6,12H,2,7-10H2,1H3,(H,18,19). The van der Waals surface area contributed by atoms with Crippen molar-refractivity contribution >= 4 is 12.0 Å². The highest BCUT2D eigenvalue weighted by Crippen LogP contribution is 2.13. The summed E-state index contributed by atoms with van der Waals surface area (Å²) in [5, 5.41) is 9.20. The monoisotopic (exact) mass is 293 g/mol. The lowest BCUT2D eigenvalue weighted by atomic mass is 10.2. The molecule has 0 aliphatic carbocycles. The van der Waals surface area contributed by atoms with E-state index < -0.39 is 12.0 Å². The molecule has 2 amide bonds. The van der Waals surface area contributed by atoms with E-state index in [-0.39, 0.29) is 12.6 Å². The molecule has 114 valence electrons. The molecule has 1 aliphatic heterocycles. The number of aliphatic carboxylic acids is 1. The second-order valence-electron chi connectivity index (χ2n) is 4.77. The summed E-state index contributed by atoms with van der Waals surface area (Å²) in [7, 11) is 0. The smallest absolute Gasteiger partial charge is 0.328 e. The maximum absolute atomic E-state index is 12.6. The number of carbonyl (C=O) groups is 2. The van der Waals surface area contributed by atoms with Crippen LogP contribution in [-0.4, -0.2) is 64.2 Å². The molecule has 1 N–H and O–H groups in total. The fourth-order valence-corrected chi connectivity index (χ4v) is 2.24. The van der Waals surface area contributed by atoms with Crippen molar-refractivity contribution in [3.63, 3.8) is 0 Å². The number of rotatable bonds is 4. The van der Waals surface area contributed by atoms with Crippen LogP contribution in [0.3, 0.4) is 0 Å². The molecule has 2 rings (SSSR count). The van der Waals surface area contributed by atoms with Gasteiger partial charge in [0.05, 0.1) is 13.2 Å². The minimum Gasteiger partial charge on any atom is -0.480 e. The topological polar surface area (TPSA) is 83.0 Å². The van der Waals surface area contributed by atoms with Crippen molar-refractivity contribution in [1.82, 2.24) is 14.8 Å². The Morgan fingerprint density at radius 1 is 1.48 bits per heavy atom. The quantitative estimate of drug-likeness (QED) is 0.888. The van der Waals surface area contributed by atoms with Crippen LogP contribution in [0.25, 0.3) is 0 Å². The van der Waals surface area contributed by atoms with Gasteiger partial charge in [-0.3, -0.25) is 4.98 Å². The molecule has 7 nitrogen and oxygen atoms in total. The normalized spacial score (nSPS) is 18.3. The van der Waals surface area contributed by atoms with Crippen molar-refractivity contribution in [3.8, 4) is 0 Å². The fraction of sp³-hybridized carbons (Fsp3) is 0.500. The summed E-state index contributed by atoms with van der Waals surface area (Å²) in [5.74, 6) is -1.04. The van der Waals surface area contributed by atoms with Gasteiger partial charge in [-0.1, -0.05) is 0 Å². The number of hydrogen-bond donors (Lipinski definition) is 1. The third-order valence-corrected chi connectivity index (χ3v) is 3.43. The van der Waals surface area contributed by atoms with Crippen LogP contribution in [-0.2, 0) is 16.1 Å².